The monoisotopic (exact) mass is 282 g/mol. The van der Waals surface area contributed by atoms with E-state index >= 15 is 0 Å². The molecule has 0 radical (unpaired) electrons. The Morgan fingerprint density at radius 2 is 1.65 bits per heavy atom. The fraction of sp³-hybridized carbons (Fsp3) is 1.00. The summed E-state index contributed by atoms with van der Waals surface area (Å²) in [5, 5.41) is 3.70. The summed E-state index contributed by atoms with van der Waals surface area (Å²) in [6.45, 7) is 15.3. The van der Waals surface area contributed by atoms with E-state index in [2.05, 4.69) is 44.8 Å². The van der Waals surface area contributed by atoms with Crippen molar-refractivity contribution in [1.29, 1.82) is 0 Å². The molecule has 1 atom stereocenters. The highest BCUT2D eigenvalue weighted by Gasteiger charge is 2.33. The number of unbranched alkanes of at least 4 members (excludes halogenated alkanes) is 6. The van der Waals surface area contributed by atoms with Gasteiger partial charge in [-0.2, -0.15) is 0 Å². The van der Waals surface area contributed by atoms with E-state index in [0.717, 1.165) is 18.5 Å². The summed E-state index contributed by atoms with van der Waals surface area (Å²) in [6.07, 6.45) is 9.87. The molecule has 0 aromatic heterocycles. The minimum Gasteiger partial charge on any atom is -0.309 e. The predicted molar refractivity (Wildman–Crippen MR) is 90.3 cm³/mol. The van der Waals surface area contributed by atoms with Crippen LogP contribution in [-0.4, -0.2) is 36.1 Å². The standard InChI is InChI=1S/C18H38N2/c1-6-7-8-9-10-11-12-13-20-15-18(4,5)19-14-17(20)16(2)3/h16-17,19H,6-15H2,1-5H3. The molecule has 120 valence electrons. The lowest BCUT2D eigenvalue weighted by atomic mass is 9.93. The first-order valence-corrected chi connectivity index (χ1v) is 8.95. The van der Waals surface area contributed by atoms with Crippen LogP contribution in [0, 0.1) is 5.92 Å². The number of hydrogen-bond donors (Lipinski definition) is 1. The zero-order chi connectivity index (χ0) is 15.0. The molecule has 0 aliphatic carbocycles. The molecule has 20 heavy (non-hydrogen) atoms. The van der Waals surface area contributed by atoms with Crippen molar-refractivity contribution < 1.29 is 0 Å². The van der Waals surface area contributed by atoms with Gasteiger partial charge in [0.05, 0.1) is 0 Å². The summed E-state index contributed by atoms with van der Waals surface area (Å²) in [6, 6.07) is 0.725. The molecule has 1 heterocycles. The maximum absolute atomic E-state index is 3.70. The lowest BCUT2D eigenvalue weighted by Gasteiger charge is -2.46. The largest absolute Gasteiger partial charge is 0.309 e. The summed E-state index contributed by atoms with van der Waals surface area (Å²) >= 11 is 0. The van der Waals surface area contributed by atoms with Crippen LogP contribution >= 0.6 is 0 Å². The smallest absolute Gasteiger partial charge is 0.0252 e. The lowest BCUT2D eigenvalue weighted by Crippen LogP contribution is -2.62. The van der Waals surface area contributed by atoms with E-state index in [1.54, 1.807) is 0 Å². The van der Waals surface area contributed by atoms with Crippen molar-refractivity contribution in [2.24, 2.45) is 5.92 Å². The Labute approximate surface area is 127 Å². The van der Waals surface area contributed by atoms with E-state index in [1.165, 1.54) is 58.0 Å². The van der Waals surface area contributed by atoms with Crippen molar-refractivity contribution in [2.45, 2.75) is 91.1 Å². The van der Waals surface area contributed by atoms with Gasteiger partial charge in [0.2, 0.25) is 0 Å². The Morgan fingerprint density at radius 1 is 1.05 bits per heavy atom. The van der Waals surface area contributed by atoms with E-state index in [1.807, 2.05) is 0 Å². The van der Waals surface area contributed by atoms with Gasteiger partial charge in [0.25, 0.3) is 0 Å². The summed E-state index contributed by atoms with van der Waals surface area (Å²) in [5.74, 6) is 0.753. The number of piperazine rings is 1. The summed E-state index contributed by atoms with van der Waals surface area (Å²) in [4.78, 5) is 2.74. The van der Waals surface area contributed by atoms with Gasteiger partial charge in [-0.25, -0.2) is 0 Å². The van der Waals surface area contributed by atoms with Gasteiger partial charge in [0.1, 0.15) is 0 Å². The number of nitrogens with one attached hydrogen (secondary N) is 1. The first-order chi connectivity index (χ1) is 9.46. The predicted octanol–water partition coefficient (Wildman–Crippen LogP) is 4.45. The molecule has 1 rings (SSSR count). The molecule has 2 heteroatoms. The fourth-order valence-electron chi connectivity index (χ4n) is 3.37. The number of rotatable bonds is 9. The fourth-order valence-corrected chi connectivity index (χ4v) is 3.37. The third-order valence-electron chi connectivity index (χ3n) is 4.68. The quantitative estimate of drug-likeness (QED) is 0.629. The average Bonchev–Trinajstić information content (AvgIpc) is 2.36. The van der Waals surface area contributed by atoms with Gasteiger partial charge in [0, 0.05) is 24.7 Å². The topological polar surface area (TPSA) is 15.3 Å². The van der Waals surface area contributed by atoms with Crippen LogP contribution in [0.4, 0.5) is 0 Å². The lowest BCUT2D eigenvalue weighted by molar-refractivity contribution is 0.0678. The van der Waals surface area contributed by atoms with Crippen LogP contribution in [0.5, 0.6) is 0 Å². The van der Waals surface area contributed by atoms with Gasteiger partial charge in [-0.1, -0.05) is 59.3 Å². The third kappa shape index (κ3) is 6.58. The van der Waals surface area contributed by atoms with Gasteiger partial charge >= 0.3 is 0 Å². The molecule has 0 bridgehead atoms. The molecular formula is C18H38N2. The highest BCUT2D eigenvalue weighted by molar-refractivity contribution is 4.93. The number of nitrogens with zero attached hydrogens (tertiary/aromatic N) is 1. The second kappa shape index (κ2) is 9.04. The van der Waals surface area contributed by atoms with Gasteiger partial charge in [-0.3, -0.25) is 4.90 Å². The van der Waals surface area contributed by atoms with Gasteiger partial charge in [-0.15, -0.1) is 0 Å². The molecule has 0 aromatic carbocycles. The maximum Gasteiger partial charge on any atom is 0.0252 e. The minimum atomic E-state index is 0.284. The van der Waals surface area contributed by atoms with Crippen LogP contribution in [0.25, 0.3) is 0 Å². The molecule has 0 aromatic rings. The van der Waals surface area contributed by atoms with Crippen LogP contribution < -0.4 is 5.32 Å². The molecule has 1 N–H and O–H groups in total. The van der Waals surface area contributed by atoms with Crippen molar-refractivity contribution in [3.63, 3.8) is 0 Å². The molecule has 1 unspecified atom stereocenters. The van der Waals surface area contributed by atoms with Gasteiger partial charge in [-0.05, 0) is 32.7 Å². The summed E-state index contributed by atoms with van der Waals surface area (Å²) < 4.78 is 0. The van der Waals surface area contributed by atoms with Gasteiger partial charge < -0.3 is 5.32 Å². The molecule has 0 amide bonds. The summed E-state index contributed by atoms with van der Waals surface area (Å²) in [7, 11) is 0. The van der Waals surface area contributed by atoms with Crippen LogP contribution in [0.3, 0.4) is 0 Å². The third-order valence-corrected chi connectivity index (χ3v) is 4.68. The second-order valence-corrected chi connectivity index (χ2v) is 7.67. The van der Waals surface area contributed by atoms with Crippen molar-refractivity contribution in [3.05, 3.63) is 0 Å². The van der Waals surface area contributed by atoms with Crippen LogP contribution in [0.1, 0.15) is 79.6 Å². The Hall–Kier alpha value is -0.0800. The first-order valence-electron chi connectivity index (χ1n) is 8.95. The van der Waals surface area contributed by atoms with E-state index < -0.39 is 0 Å². The molecule has 1 aliphatic heterocycles. The van der Waals surface area contributed by atoms with Crippen molar-refractivity contribution in [3.8, 4) is 0 Å². The molecule has 1 saturated heterocycles. The Balaban J connectivity index is 2.24. The van der Waals surface area contributed by atoms with E-state index in [0.29, 0.717) is 0 Å². The Kier molecular flexibility index (Phi) is 8.13. The Bertz CT molecular complexity index is 248. The van der Waals surface area contributed by atoms with E-state index in [4.69, 9.17) is 0 Å². The maximum atomic E-state index is 3.70. The zero-order valence-electron chi connectivity index (χ0n) is 14.7. The highest BCUT2D eigenvalue weighted by atomic mass is 15.2. The highest BCUT2D eigenvalue weighted by Crippen LogP contribution is 2.21. The van der Waals surface area contributed by atoms with E-state index in [-0.39, 0.29) is 5.54 Å². The van der Waals surface area contributed by atoms with Gasteiger partial charge in [0.15, 0.2) is 0 Å². The van der Waals surface area contributed by atoms with E-state index in [9.17, 15) is 0 Å². The molecule has 1 fully saturated rings. The SMILES string of the molecule is CCCCCCCCCN1CC(C)(C)NCC1C(C)C. The molecule has 2 nitrogen and oxygen atoms in total. The second-order valence-electron chi connectivity index (χ2n) is 7.67. The van der Waals surface area contributed by atoms with Crippen LogP contribution in [0.2, 0.25) is 0 Å². The average molecular weight is 283 g/mol. The van der Waals surface area contributed by atoms with Crippen molar-refractivity contribution in [1.82, 2.24) is 10.2 Å². The van der Waals surface area contributed by atoms with Crippen LogP contribution in [-0.2, 0) is 0 Å². The first kappa shape index (κ1) is 18.0. The minimum absolute atomic E-state index is 0.284. The molecule has 0 spiro atoms. The van der Waals surface area contributed by atoms with Crippen LogP contribution in [0.15, 0.2) is 0 Å². The summed E-state index contributed by atoms with van der Waals surface area (Å²) in [5.41, 5.74) is 0.284. The molecular weight excluding hydrogens is 244 g/mol. The van der Waals surface area contributed by atoms with Crippen molar-refractivity contribution >= 4 is 0 Å². The zero-order valence-corrected chi connectivity index (χ0v) is 14.7. The normalized spacial score (nSPS) is 23.4. The Morgan fingerprint density at radius 3 is 2.25 bits per heavy atom. The molecule has 1 aliphatic rings. The number of hydrogen-bond acceptors (Lipinski definition) is 2. The van der Waals surface area contributed by atoms with Crippen molar-refractivity contribution in [2.75, 3.05) is 19.6 Å². The molecule has 0 saturated carbocycles.